The lowest BCUT2D eigenvalue weighted by Crippen LogP contribution is -2.42. The zero-order valence-corrected chi connectivity index (χ0v) is 18.1. The molecule has 1 amide bonds. The SMILES string of the molecule is CCOC(=O)c1sc2ncnc(Nc3cc(C)c4n(c3=O)C(C)(C)NC4=O)c2c1C. The van der Waals surface area contributed by atoms with Gasteiger partial charge in [0.1, 0.15) is 38.9 Å². The van der Waals surface area contributed by atoms with Crippen molar-refractivity contribution >= 4 is 44.9 Å². The van der Waals surface area contributed by atoms with Crippen LogP contribution in [0.3, 0.4) is 0 Å². The molecule has 0 aliphatic carbocycles. The molecule has 0 spiro atoms. The van der Waals surface area contributed by atoms with Crippen LogP contribution in [0.4, 0.5) is 11.5 Å². The summed E-state index contributed by atoms with van der Waals surface area (Å²) in [5.41, 5.74) is 0.793. The number of hydrogen-bond donors (Lipinski definition) is 2. The quantitative estimate of drug-likeness (QED) is 0.615. The highest BCUT2D eigenvalue weighted by atomic mass is 32.1. The van der Waals surface area contributed by atoms with Crippen LogP contribution in [0, 0.1) is 13.8 Å². The summed E-state index contributed by atoms with van der Waals surface area (Å²) in [4.78, 5) is 47.4. The molecule has 4 rings (SSSR count). The van der Waals surface area contributed by atoms with Gasteiger partial charge in [0.25, 0.3) is 11.5 Å². The van der Waals surface area contributed by atoms with Gasteiger partial charge in [0, 0.05) is 0 Å². The highest BCUT2D eigenvalue weighted by Gasteiger charge is 2.37. The number of nitrogens with zero attached hydrogens (tertiary/aromatic N) is 3. The number of carbonyl (C=O) groups is 2. The van der Waals surface area contributed by atoms with E-state index in [9.17, 15) is 14.4 Å². The number of esters is 1. The number of hydrogen-bond acceptors (Lipinski definition) is 8. The number of nitrogens with one attached hydrogen (secondary N) is 2. The molecular formula is C20H21N5O4S. The minimum Gasteiger partial charge on any atom is -0.462 e. The van der Waals surface area contributed by atoms with Gasteiger partial charge in [-0.25, -0.2) is 14.8 Å². The summed E-state index contributed by atoms with van der Waals surface area (Å²) >= 11 is 1.22. The van der Waals surface area contributed by atoms with Crippen molar-refractivity contribution in [2.45, 2.75) is 40.3 Å². The normalized spacial score (nSPS) is 14.5. The maximum atomic E-state index is 13.2. The van der Waals surface area contributed by atoms with E-state index in [1.807, 2.05) is 0 Å². The van der Waals surface area contributed by atoms with Gasteiger partial charge in [0.15, 0.2) is 0 Å². The van der Waals surface area contributed by atoms with E-state index in [1.54, 1.807) is 40.7 Å². The lowest BCUT2D eigenvalue weighted by molar-refractivity contribution is 0.0531. The van der Waals surface area contributed by atoms with Crippen LogP contribution in [0.1, 0.15) is 52.1 Å². The van der Waals surface area contributed by atoms with E-state index in [0.29, 0.717) is 37.7 Å². The number of carbonyl (C=O) groups excluding carboxylic acids is 2. The highest BCUT2D eigenvalue weighted by molar-refractivity contribution is 7.20. The van der Waals surface area contributed by atoms with Gasteiger partial charge in [-0.1, -0.05) is 0 Å². The van der Waals surface area contributed by atoms with E-state index in [-0.39, 0.29) is 23.8 Å². The predicted molar refractivity (Wildman–Crippen MR) is 114 cm³/mol. The Bertz CT molecular complexity index is 1270. The van der Waals surface area contributed by atoms with Gasteiger partial charge in [0.2, 0.25) is 0 Å². The zero-order valence-electron chi connectivity index (χ0n) is 17.2. The third-order valence-electron chi connectivity index (χ3n) is 5.03. The average molecular weight is 427 g/mol. The number of aromatic nitrogens is 3. The van der Waals surface area contributed by atoms with Crippen molar-refractivity contribution in [2.24, 2.45) is 0 Å². The van der Waals surface area contributed by atoms with Crippen molar-refractivity contribution in [1.82, 2.24) is 19.9 Å². The molecule has 0 unspecified atom stereocenters. The summed E-state index contributed by atoms with van der Waals surface area (Å²) in [6, 6.07) is 1.64. The Labute approximate surface area is 176 Å². The molecule has 0 aromatic carbocycles. The second-order valence-corrected chi connectivity index (χ2v) is 8.55. The summed E-state index contributed by atoms with van der Waals surface area (Å²) in [5, 5.41) is 6.57. The van der Waals surface area contributed by atoms with Crippen LogP contribution in [-0.4, -0.2) is 33.0 Å². The smallest absolute Gasteiger partial charge is 0.348 e. The molecule has 2 N–H and O–H groups in total. The Morgan fingerprint density at radius 2 is 2.03 bits per heavy atom. The number of rotatable bonds is 4. The average Bonchev–Trinajstić information content (AvgIpc) is 3.13. The van der Waals surface area contributed by atoms with E-state index in [4.69, 9.17) is 4.74 Å². The van der Waals surface area contributed by atoms with E-state index >= 15 is 0 Å². The van der Waals surface area contributed by atoms with Gasteiger partial charge in [-0.2, -0.15) is 0 Å². The number of ether oxygens (including phenoxy) is 1. The molecule has 9 nitrogen and oxygen atoms in total. The maximum absolute atomic E-state index is 13.2. The summed E-state index contributed by atoms with van der Waals surface area (Å²) in [6.07, 6.45) is 1.38. The summed E-state index contributed by atoms with van der Waals surface area (Å²) < 4.78 is 6.58. The van der Waals surface area contributed by atoms with Crippen LogP contribution in [0.25, 0.3) is 10.2 Å². The van der Waals surface area contributed by atoms with Gasteiger partial charge in [-0.15, -0.1) is 11.3 Å². The van der Waals surface area contributed by atoms with Crippen molar-refractivity contribution in [1.29, 1.82) is 0 Å². The topological polar surface area (TPSA) is 115 Å². The van der Waals surface area contributed by atoms with Gasteiger partial charge in [-0.05, 0) is 51.8 Å². The number of amides is 1. The lowest BCUT2D eigenvalue weighted by Gasteiger charge is -2.22. The molecule has 0 fully saturated rings. The lowest BCUT2D eigenvalue weighted by atomic mass is 10.1. The molecule has 156 valence electrons. The Morgan fingerprint density at radius 3 is 2.73 bits per heavy atom. The van der Waals surface area contributed by atoms with Crippen molar-refractivity contribution in [3.05, 3.63) is 44.4 Å². The summed E-state index contributed by atoms with van der Waals surface area (Å²) in [5.74, 6) is -0.279. The van der Waals surface area contributed by atoms with Crippen LogP contribution in [0.5, 0.6) is 0 Å². The summed E-state index contributed by atoms with van der Waals surface area (Å²) in [6.45, 7) is 9.13. The fraction of sp³-hybridized carbons (Fsp3) is 0.350. The van der Waals surface area contributed by atoms with Gasteiger partial charge in [-0.3, -0.25) is 14.2 Å². The van der Waals surface area contributed by atoms with E-state index in [0.717, 1.165) is 0 Å². The Balaban J connectivity index is 1.85. The van der Waals surface area contributed by atoms with Gasteiger partial charge >= 0.3 is 5.97 Å². The third kappa shape index (κ3) is 2.95. The van der Waals surface area contributed by atoms with E-state index in [1.165, 1.54) is 22.2 Å². The van der Waals surface area contributed by atoms with Gasteiger partial charge < -0.3 is 15.4 Å². The van der Waals surface area contributed by atoms with Gasteiger partial charge in [0.05, 0.1) is 12.0 Å². The fourth-order valence-electron chi connectivity index (χ4n) is 3.73. The number of fused-ring (bicyclic) bond motifs is 2. The van der Waals surface area contributed by atoms with Crippen LogP contribution < -0.4 is 16.2 Å². The minimum atomic E-state index is -0.845. The number of thiophene rings is 1. The van der Waals surface area contributed by atoms with Crippen molar-refractivity contribution in [2.75, 3.05) is 11.9 Å². The van der Waals surface area contributed by atoms with E-state index in [2.05, 4.69) is 20.6 Å². The number of pyridine rings is 1. The first-order chi connectivity index (χ1) is 14.2. The summed E-state index contributed by atoms with van der Waals surface area (Å²) in [7, 11) is 0. The van der Waals surface area contributed by atoms with Crippen LogP contribution in [0.2, 0.25) is 0 Å². The third-order valence-corrected chi connectivity index (χ3v) is 6.21. The molecule has 1 aliphatic rings. The van der Waals surface area contributed by atoms with E-state index < -0.39 is 11.6 Å². The largest absolute Gasteiger partial charge is 0.462 e. The monoisotopic (exact) mass is 427 g/mol. The van der Waals surface area contributed by atoms with Crippen molar-refractivity contribution in [3.8, 4) is 0 Å². The van der Waals surface area contributed by atoms with Crippen LogP contribution >= 0.6 is 11.3 Å². The van der Waals surface area contributed by atoms with Crippen molar-refractivity contribution in [3.63, 3.8) is 0 Å². The molecule has 3 aromatic rings. The fourth-order valence-corrected chi connectivity index (χ4v) is 4.77. The molecule has 0 saturated heterocycles. The van der Waals surface area contributed by atoms with Crippen LogP contribution in [0.15, 0.2) is 17.2 Å². The molecule has 3 aromatic heterocycles. The van der Waals surface area contributed by atoms with Crippen LogP contribution in [-0.2, 0) is 10.4 Å². The molecule has 30 heavy (non-hydrogen) atoms. The Kier molecular flexibility index (Phi) is 4.61. The molecule has 0 atom stereocenters. The molecule has 0 saturated carbocycles. The second kappa shape index (κ2) is 6.91. The molecular weight excluding hydrogens is 406 g/mol. The van der Waals surface area contributed by atoms with Crippen molar-refractivity contribution < 1.29 is 14.3 Å². The predicted octanol–water partition coefficient (Wildman–Crippen LogP) is 2.83. The number of anilines is 2. The molecule has 0 bridgehead atoms. The Morgan fingerprint density at radius 1 is 1.30 bits per heavy atom. The minimum absolute atomic E-state index is 0.275. The Hall–Kier alpha value is -3.27. The molecule has 4 heterocycles. The standard InChI is InChI=1S/C20H21N5O4S/c1-6-29-19(28)14-10(3)12-15(21-8-22-17(12)30-14)23-11-7-9(2)13-16(26)24-20(4,5)25(13)18(11)27/h7-8H,6H2,1-5H3,(H,24,26)(H,21,22,23). The molecule has 1 aliphatic heterocycles. The molecule has 0 radical (unpaired) electrons. The first-order valence-electron chi connectivity index (χ1n) is 9.43. The maximum Gasteiger partial charge on any atom is 0.348 e. The highest BCUT2D eigenvalue weighted by Crippen LogP contribution is 2.35. The zero-order chi connectivity index (χ0) is 21.8. The first kappa shape index (κ1) is 20.0. The number of aryl methyl sites for hydroxylation is 2. The second-order valence-electron chi connectivity index (χ2n) is 7.55. The molecule has 10 heteroatoms. The first-order valence-corrected chi connectivity index (χ1v) is 10.2.